The van der Waals surface area contributed by atoms with Crippen LogP contribution in [0.2, 0.25) is 0 Å². The lowest BCUT2D eigenvalue weighted by Crippen LogP contribution is -2.17. The lowest BCUT2D eigenvalue weighted by Gasteiger charge is -2.06. The Hall–Kier alpha value is -2.30. The van der Waals surface area contributed by atoms with Gasteiger partial charge in [-0.05, 0) is 24.3 Å². The van der Waals surface area contributed by atoms with E-state index in [1.807, 2.05) is 0 Å². The van der Waals surface area contributed by atoms with E-state index in [0.29, 0.717) is 5.69 Å². The van der Waals surface area contributed by atoms with Crippen LogP contribution < -0.4 is 5.32 Å². The van der Waals surface area contributed by atoms with Gasteiger partial charge in [0, 0.05) is 11.9 Å². The Kier molecular flexibility index (Phi) is 3.62. The van der Waals surface area contributed by atoms with Crippen molar-refractivity contribution in [1.29, 1.82) is 0 Å². The number of nitrogens with one attached hydrogen (secondary N) is 1. The summed E-state index contributed by atoms with van der Waals surface area (Å²) in [7, 11) is 0. The first-order valence-electron chi connectivity index (χ1n) is 5.30. The molecule has 1 N–H and O–H groups in total. The summed E-state index contributed by atoms with van der Waals surface area (Å²) < 4.78 is 26.6. The zero-order chi connectivity index (χ0) is 13.0. The van der Waals surface area contributed by atoms with Crippen LogP contribution in [0.4, 0.5) is 14.5 Å². The Morgan fingerprint density at radius 1 is 1.11 bits per heavy atom. The van der Waals surface area contributed by atoms with Gasteiger partial charge in [0.25, 0.3) is 0 Å². The number of benzene rings is 1. The molecule has 18 heavy (non-hydrogen) atoms. The van der Waals surface area contributed by atoms with Crippen LogP contribution in [0.1, 0.15) is 5.69 Å². The molecular formula is C13H10F2N2O. The van der Waals surface area contributed by atoms with Crippen molar-refractivity contribution in [1.82, 2.24) is 4.98 Å². The molecule has 1 amide bonds. The summed E-state index contributed by atoms with van der Waals surface area (Å²) in [4.78, 5) is 15.6. The molecule has 0 saturated heterocycles. The van der Waals surface area contributed by atoms with E-state index in [4.69, 9.17) is 0 Å². The summed E-state index contributed by atoms with van der Waals surface area (Å²) in [5.74, 6) is -2.12. The van der Waals surface area contributed by atoms with E-state index >= 15 is 0 Å². The molecule has 0 aliphatic heterocycles. The number of carbonyl (C=O) groups excluding carboxylic acids is 1. The highest BCUT2D eigenvalue weighted by atomic mass is 19.1. The number of anilines is 1. The maximum atomic E-state index is 13.3. The number of rotatable bonds is 3. The van der Waals surface area contributed by atoms with Crippen LogP contribution in [-0.4, -0.2) is 10.9 Å². The average molecular weight is 248 g/mol. The van der Waals surface area contributed by atoms with Crippen molar-refractivity contribution in [2.24, 2.45) is 0 Å². The van der Waals surface area contributed by atoms with Gasteiger partial charge in [0.05, 0.1) is 6.42 Å². The highest BCUT2D eigenvalue weighted by Gasteiger charge is 2.12. The Labute approximate surface area is 102 Å². The third-order valence-corrected chi connectivity index (χ3v) is 2.30. The first-order chi connectivity index (χ1) is 8.66. The fourth-order valence-electron chi connectivity index (χ4n) is 1.47. The molecule has 0 unspecified atom stereocenters. The Morgan fingerprint density at radius 3 is 2.44 bits per heavy atom. The monoisotopic (exact) mass is 248 g/mol. The standard InChI is InChI=1S/C13H10F2N2O/c14-10-5-3-6-11(15)13(10)17-12(18)8-9-4-1-2-7-16-9/h1-7H,8H2,(H,17,18). The van der Waals surface area contributed by atoms with Crippen LogP contribution in [0.3, 0.4) is 0 Å². The first-order valence-corrected chi connectivity index (χ1v) is 5.30. The molecule has 0 aliphatic rings. The van der Waals surface area contributed by atoms with E-state index in [1.165, 1.54) is 6.07 Å². The second kappa shape index (κ2) is 5.35. The number of halogens is 2. The van der Waals surface area contributed by atoms with Gasteiger partial charge >= 0.3 is 0 Å². The smallest absolute Gasteiger partial charge is 0.230 e. The predicted octanol–water partition coefficient (Wildman–Crippen LogP) is 2.54. The van der Waals surface area contributed by atoms with Gasteiger partial charge in [0.15, 0.2) is 0 Å². The maximum Gasteiger partial charge on any atom is 0.230 e. The normalized spacial score (nSPS) is 10.1. The summed E-state index contributed by atoms with van der Waals surface area (Å²) in [5.41, 5.74) is 0.102. The van der Waals surface area contributed by atoms with Gasteiger partial charge in [0.1, 0.15) is 17.3 Å². The van der Waals surface area contributed by atoms with Crippen molar-refractivity contribution in [2.45, 2.75) is 6.42 Å². The minimum absolute atomic E-state index is 0.0331. The Balaban J connectivity index is 2.08. The zero-order valence-corrected chi connectivity index (χ0v) is 9.36. The van der Waals surface area contributed by atoms with Crippen molar-refractivity contribution in [3.63, 3.8) is 0 Å². The highest BCUT2D eigenvalue weighted by molar-refractivity contribution is 5.92. The van der Waals surface area contributed by atoms with Crippen LogP contribution in [0.25, 0.3) is 0 Å². The van der Waals surface area contributed by atoms with Crippen molar-refractivity contribution in [3.8, 4) is 0 Å². The van der Waals surface area contributed by atoms with Gasteiger partial charge in [-0.15, -0.1) is 0 Å². The first kappa shape index (κ1) is 12.2. The summed E-state index contributed by atoms with van der Waals surface area (Å²) in [6.07, 6.45) is 1.51. The van der Waals surface area contributed by atoms with Crippen LogP contribution in [0, 0.1) is 11.6 Å². The molecule has 0 spiro atoms. The van der Waals surface area contributed by atoms with E-state index < -0.39 is 23.2 Å². The summed E-state index contributed by atoms with van der Waals surface area (Å²) >= 11 is 0. The van der Waals surface area contributed by atoms with E-state index in [9.17, 15) is 13.6 Å². The molecule has 0 bridgehead atoms. The topological polar surface area (TPSA) is 42.0 Å². The lowest BCUT2D eigenvalue weighted by atomic mass is 10.2. The molecule has 2 rings (SSSR count). The molecule has 0 fully saturated rings. The maximum absolute atomic E-state index is 13.3. The predicted molar refractivity (Wildman–Crippen MR) is 62.9 cm³/mol. The summed E-state index contributed by atoms with van der Waals surface area (Å²) in [5, 5.41) is 2.20. The molecule has 1 aromatic carbocycles. The lowest BCUT2D eigenvalue weighted by molar-refractivity contribution is -0.115. The van der Waals surface area contributed by atoms with Crippen LogP contribution in [0.5, 0.6) is 0 Å². The molecule has 0 atom stereocenters. The number of para-hydroxylation sites is 1. The molecule has 92 valence electrons. The highest BCUT2D eigenvalue weighted by Crippen LogP contribution is 2.18. The zero-order valence-electron chi connectivity index (χ0n) is 9.36. The van der Waals surface area contributed by atoms with Crippen molar-refractivity contribution in [3.05, 3.63) is 59.9 Å². The molecule has 0 saturated carbocycles. The number of nitrogens with zero attached hydrogens (tertiary/aromatic N) is 1. The molecule has 2 aromatic rings. The van der Waals surface area contributed by atoms with Crippen molar-refractivity contribution >= 4 is 11.6 Å². The molecule has 1 heterocycles. The van der Waals surface area contributed by atoms with Gasteiger partial charge in [-0.3, -0.25) is 9.78 Å². The summed E-state index contributed by atoms with van der Waals surface area (Å²) in [6.45, 7) is 0. The van der Waals surface area contributed by atoms with Gasteiger partial charge in [-0.1, -0.05) is 12.1 Å². The SMILES string of the molecule is O=C(Cc1ccccn1)Nc1c(F)cccc1F. The number of hydrogen-bond acceptors (Lipinski definition) is 2. The Bertz CT molecular complexity index is 538. The molecule has 3 nitrogen and oxygen atoms in total. The quantitative estimate of drug-likeness (QED) is 0.906. The summed E-state index contributed by atoms with van der Waals surface area (Å²) in [6, 6.07) is 8.52. The third kappa shape index (κ3) is 2.88. The van der Waals surface area contributed by atoms with Gasteiger partial charge in [-0.2, -0.15) is 0 Å². The minimum Gasteiger partial charge on any atom is -0.321 e. The van der Waals surface area contributed by atoms with E-state index in [-0.39, 0.29) is 6.42 Å². The van der Waals surface area contributed by atoms with Crippen LogP contribution >= 0.6 is 0 Å². The second-order valence-electron chi connectivity index (χ2n) is 3.64. The van der Waals surface area contributed by atoms with Gasteiger partial charge < -0.3 is 5.32 Å². The van der Waals surface area contributed by atoms with Gasteiger partial charge in [0.2, 0.25) is 5.91 Å². The molecule has 0 aliphatic carbocycles. The minimum atomic E-state index is -0.802. The number of amides is 1. The second-order valence-corrected chi connectivity index (χ2v) is 3.64. The average Bonchev–Trinajstić information content (AvgIpc) is 2.35. The molecule has 1 aromatic heterocycles. The number of pyridine rings is 1. The number of hydrogen-bond donors (Lipinski definition) is 1. The van der Waals surface area contributed by atoms with Crippen molar-refractivity contribution < 1.29 is 13.6 Å². The molecular weight excluding hydrogens is 238 g/mol. The number of aromatic nitrogens is 1. The molecule has 5 heteroatoms. The Morgan fingerprint density at radius 2 is 1.83 bits per heavy atom. The van der Waals surface area contributed by atoms with E-state index in [1.54, 1.807) is 24.4 Å². The fourth-order valence-corrected chi connectivity index (χ4v) is 1.47. The van der Waals surface area contributed by atoms with Crippen molar-refractivity contribution in [2.75, 3.05) is 5.32 Å². The molecule has 0 radical (unpaired) electrons. The third-order valence-electron chi connectivity index (χ3n) is 2.30. The van der Waals surface area contributed by atoms with E-state index in [0.717, 1.165) is 12.1 Å². The van der Waals surface area contributed by atoms with Crippen LogP contribution in [-0.2, 0) is 11.2 Å². The van der Waals surface area contributed by atoms with Gasteiger partial charge in [-0.25, -0.2) is 8.78 Å². The fraction of sp³-hybridized carbons (Fsp3) is 0.0769. The largest absolute Gasteiger partial charge is 0.321 e. The van der Waals surface area contributed by atoms with E-state index in [2.05, 4.69) is 10.3 Å². The van der Waals surface area contributed by atoms with Crippen LogP contribution in [0.15, 0.2) is 42.6 Å². The number of carbonyl (C=O) groups is 1.